The molecule has 0 aliphatic rings. The van der Waals surface area contributed by atoms with Crippen LogP contribution in [0.2, 0.25) is 0 Å². The van der Waals surface area contributed by atoms with Crippen LogP contribution in [0.4, 0.5) is 4.39 Å². The number of unbranched alkanes of at least 4 members (excludes halogenated alkanes) is 3. The molecule has 0 fully saturated rings. The molecule has 0 aliphatic heterocycles. The Morgan fingerprint density at radius 3 is 2.18 bits per heavy atom. The van der Waals surface area contributed by atoms with Gasteiger partial charge in [0.05, 0.1) is 13.2 Å². The van der Waals surface area contributed by atoms with E-state index in [9.17, 15) is 23.6 Å². The molecular weight excluding hydrogens is 431 g/mol. The third-order valence-electron chi connectivity index (χ3n) is 5.12. The van der Waals surface area contributed by atoms with E-state index < -0.39 is 24.9 Å². The minimum absolute atomic E-state index is 0.168. The van der Waals surface area contributed by atoms with Crippen LogP contribution < -0.4 is 15.4 Å². The van der Waals surface area contributed by atoms with Crippen molar-refractivity contribution in [1.29, 1.82) is 0 Å². The van der Waals surface area contributed by atoms with Gasteiger partial charge in [-0.05, 0) is 42.9 Å². The Morgan fingerprint density at radius 2 is 1.64 bits per heavy atom. The lowest BCUT2D eigenvalue weighted by molar-refractivity contribution is -0.140. The standard InChI is InChI=1S/C24H35FN2O6/c1-17(2)23(27-21(29)8-6-4-5-7-9-22(30)32-3)24(31)26-19(15-28)14-18-10-12-20(13-11-18)33-16-25/h10-13,15,17,19,23H,4-9,14,16H2,1-3H3,(H,26,31)(H,27,29)/t19?,23-/m0/s1. The number of rotatable bonds is 16. The number of benzene rings is 1. The molecule has 0 spiro atoms. The van der Waals surface area contributed by atoms with E-state index in [0.29, 0.717) is 31.3 Å². The zero-order valence-electron chi connectivity index (χ0n) is 19.6. The first-order valence-electron chi connectivity index (χ1n) is 11.2. The maximum Gasteiger partial charge on any atom is 0.305 e. The Labute approximate surface area is 194 Å². The lowest BCUT2D eigenvalue weighted by Crippen LogP contribution is -2.52. The summed E-state index contributed by atoms with van der Waals surface area (Å²) >= 11 is 0. The van der Waals surface area contributed by atoms with Gasteiger partial charge in [-0.15, -0.1) is 0 Å². The molecule has 0 heterocycles. The van der Waals surface area contributed by atoms with E-state index >= 15 is 0 Å². The fourth-order valence-corrected chi connectivity index (χ4v) is 3.24. The van der Waals surface area contributed by atoms with Crippen molar-refractivity contribution < 1.29 is 33.0 Å². The van der Waals surface area contributed by atoms with Crippen molar-refractivity contribution in [1.82, 2.24) is 10.6 Å². The monoisotopic (exact) mass is 466 g/mol. The van der Waals surface area contributed by atoms with Crippen molar-refractivity contribution in [2.75, 3.05) is 14.0 Å². The Hall–Kier alpha value is -2.97. The van der Waals surface area contributed by atoms with Gasteiger partial charge in [-0.25, -0.2) is 4.39 Å². The zero-order chi connectivity index (χ0) is 24.6. The highest BCUT2D eigenvalue weighted by molar-refractivity contribution is 5.89. The Bertz CT molecular complexity index is 754. The fraction of sp³-hybridized carbons (Fsp3) is 0.583. The Kier molecular flexibility index (Phi) is 13.4. The minimum Gasteiger partial charge on any atom is -0.469 e. The number of amides is 2. The second-order valence-electron chi connectivity index (χ2n) is 8.13. The third-order valence-corrected chi connectivity index (χ3v) is 5.12. The van der Waals surface area contributed by atoms with Gasteiger partial charge in [-0.3, -0.25) is 14.4 Å². The molecule has 8 nitrogen and oxygen atoms in total. The molecule has 2 N–H and O–H groups in total. The van der Waals surface area contributed by atoms with E-state index in [4.69, 9.17) is 4.74 Å². The van der Waals surface area contributed by atoms with E-state index in [-0.39, 0.29) is 30.6 Å². The van der Waals surface area contributed by atoms with Crippen LogP contribution in [0.3, 0.4) is 0 Å². The summed E-state index contributed by atoms with van der Waals surface area (Å²) in [4.78, 5) is 47.6. The van der Waals surface area contributed by atoms with Crippen LogP contribution in [-0.2, 0) is 30.3 Å². The highest BCUT2D eigenvalue weighted by Crippen LogP contribution is 2.14. The number of nitrogens with one attached hydrogen (secondary N) is 2. The normalized spacial score (nSPS) is 12.5. The van der Waals surface area contributed by atoms with E-state index in [2.05, 4.69) is 15.4 Å². The van der Waals surface area contributed by atoms with E-state index in [1.807, 2.05) is 13.8 Å². The Morgan fingerprint density at radius 1 is 1.00 bits per heavy atom. The van der Waals surface area contributed by atoms with Crippen molar-refractivity contribution >= 4 is 24.1 Å². The van der Waals surface area contributed by atoms with Crippen molar-refractivity contribution in [3.05, 3.63) is 29.8 Å². The summed E-state index contributed by atoms with van der Waals surface area (Å²) in [6, 6.07) is 5.04. The third kappa shape index (κ3) is 11.5. The van der Waals surface area contributed by atoms with Gasteiger partial charge in [0, 0.05) is 12.8 Å². The van der Waals surface area contributed by atoms with Crippen LogP contribution in [0.25, 0.3) is 0 Å². The lowest BCUT2D eigenvalue weighted by atomic mass is 10.0. The predicted molar refractivity (Wildman–Crippen MR) is 121 cm³/mol. The number of halogens is 1. The molecule has 2 atom stereocenters. The number of carbonyl (C=O) groups excluding carboxylic acids is 4. The van der Waals surface area contributed by atoms with Crippen LogP contribution in [0.15, 0.2) is 24.3 Å². The molecule has 0 aromatic heterocycles. The number of aldehydes is 1. The summed E-state index contributed by atoms with van der Waals surface area (Å²) < 4.78 is 21.5. The van der Waals surface area contributed by atoms with Crippen LogP contribution >= 0.6 is 0 Å². The number of alkyl halides is 1. The molecule has 184 valence electrons. The van der Waals surface area contributed by atoms with Gasteiger partial charge >= 0.3 is 5.97 Å². The molecule has 33 heavy (non-hydrogen) atoms. The number of carbonyl (C=O) groups is 4. The lowest BCUT2D eigenvalue weighted by Gasteiger charge is -2.23. The predicted octanol–water partition coefficient (Wildman–Crippen LogP) is 2.87. The summed E-state index contributed by atoms with van der Waals surface area (Å²) in [6.07, 6.45) is 4.53. The zero-order valence-corrected chi connectivity index (χ0v) is 19.6. The molecular formula is C24H35FN2O6. The second kappa shape index (κ2) is 15.8. The average Bonchev–Trinajstić information content (AvgIpc) is 2.80. The molecule has 1 rings (SSSR count). The fourth-order valence-electron chi connectivity index (χ4n) is 3.24. The van der Waals surface area contributed by atoms with Gasteiger partial charge in [-0.2, -0.15) is 0 Å². The van der Waals surface area contributed by atoms with Crippen molar-refractivity contribution in [2.45, 2.75) is 70.9 Å². The summed E-state index contributed by atoms with van der Waals surface area (Å²) in [6.45, 7) is 2.71. The second-order valence-corrected chi connectivity index (χ2v) is 8.13. The largest absolute Gasteiger partial charge is 0.469 e. The summed E-state index contributed by atoms with van der Waals surface area (Å²) in [5.74, 6) is -0.693. The first-order valence-corrected chi connectivity index (χ1v) is 11.2. The maximum atomic E-state index is 12.7. The van der Waals surface area contributed by atoms with Gasteiger partial charge in [0.15, 0.2) is 0 Å². The molecule has 0 saturated heterocycles. The van der Waals surface area contributed by atoms with Crippen molar-refractivity contribution in [3.63, 3.8) is 0 Å². The average molecular weight is 467 g/mol. The molecule has 0 saturated carbocycles. The topological polar surface area (TPSA) is 111 Å². The summed E-state index contributed by atoms with van der Waals surface area (Å²) in [5.41, 5.74) is 0.774. The van der Waals surface area contributed by atoms with Crippen LogP contribution in [0.5, 0.6) is 5.75 Å². The van der Waals surface area contributed by atoms with E-state index in [0.717, 1.165) is 18.4 Å². The molecule has 0 bridgehead atoms. The van der Waals surface area contributed by atoms with Gasteiger partial charge in [0.2, 0.25) is 18.7 Å². The first-order chi connectivity index (χ1) is 15.8. The number of hydrogen-bond donors (Lipinski definition) is 2. The summed E-state index contributed by atoms with van der Waals surface area (Å²) in [7, 11) is 1.36. The smallest absolute Gasteiger partial charge is 0.305 e. The quantitative estimate of drug-likeness (QED) is 0.220. The van der Waals surface area contributed by atoms with E-state index in [1.54, 1.807) is 24.3 Å². The van der Waals surface area contributed by atoms with Gasteiger partial charge in [0.1, 0.15) is 18.1 Å². The van der Waals surface area contributed by atoms with Crippen LogP contribution in [-0.4, -0.2) is 50.1 Å². The Balaban J connectivity index is 2.49. The molecule has 1 aromatic rings. The SMILES string of the molecule is COC(=O)CCCCCCC(=O)N[C@H](C(=O)NC(C=O)Cc1ccc(OCF)cc1)C(C)C. The molecule has 0 aliphatic carbocycles. The number of hydrogen-bond acceptors (Lipinski definition) is 6. The molecule has 9 heteroatoms. The van der Waals surface area contributed by atoms with Crippen molar-refractivity contribution in [2.24, 2.45) is 5.92 Å². The molecule has 2 amide bonds. The molecule has 1 aromatic carbocycles. The van der Waals surface area contributed by atoms with Crippen LogP contribution in [0.1, 0.15) is 57.9 Å². The highest BCUT2D eigenvalue weighted by atomic mass is 19.1. The number of methoxy groups -OCH3 is 1. The number of esters is 1. The van der Waals surface area contributed by atoms with Crippen LogP contribution in [0, 0.1) is 5.92 Å². The van der Waals surface area contributed by atoms with Gasteiger partial charge in [0.25, 0.3) is 0 Å². The first kappa shape index (κ1) is 28.1. The van der Waals surface area contributed by atoms with Gasteiger partial charge in [-0.1, -0.05) is 38.8 Å². The van der Waals surface area contributed by atoms with E-state index in [1.165, 1.54) is 7.11 Å². The van der Waals surface area contributed by atoms with Gasteiger partial charge < -0.3 is 24.9 Å². The molecule has 0 radical (unpaired) electrons. The molecule has 1 unspecified atom stereocenters. The summed E-state index contributed by atoms with van der Waals surface area (Å²) in [5, 5.41) is 5.44. The maximum absolute atomic E-state index is 12.7. The number of ether oxygens (including phenoxy) is 2. The minimum atomic E-state index is -0.927. The highest BCUT2D eigenvalue weighted by Gasteiger charge is 2.26. The van der Waals surface area contributed by atoms with Crippen molar-refractivity contribution in [3.8, 4) is 5.75 Å².